The van der Waals surface area contributed by atoms with Crippen molar-refractivity contribution in [3.8, 4) is 0 Å². The van der Waals surface area contributed by atoms with Crippen LogP contribution in [-0.4, -0.2) is 52.5 Å². The van der Waals surface area contributed by atoms with Crippen molar-refractivity contribution in [1.29, 1.82) is 0 Å². The molecule has 7 nitrogen and oxygen atoms in total. The third-order valence-electron chi connectivity index (χ3n) is 4.72. The van der Waals surface area contributed by atoms with Crippen molar-refractivity contribution < 1.29 is 14.3 Å². The number of carbonyl (C=O) groups excluding carboxylic acids is 2. The van der Waals surface area contributed by atoms with Crippen LogP contribution in [0.3, 0.4) is 0 Å². The summed E-state index contributed by atoms with van der Waals surface area (Å²) >= 11 is 0. The van der Waals surface area contributed by atoms with Gasteiger partial charge in [-0.2, -0.15) is 0 Å². The topological polar surface area (TPSA) is 84.4 Å². The summed E-state index contributed by atoms with van der Waals surface area (Å²) in [6.07, 6.45) is 5.90. The number of pyridine rings is 2. The molecule has 1 N–H and O–H groups in total. The minimum atomic E-state index is -0.914. The second-order valence-electron chi connectivity index (χ2n) is 6.25. The van der Waals surface area contributed by atoms with Gasteiger partial charge in [0.2, 0.25) is 0 Å². The summed E-state index contributed by atoms with van der Waals surface area (Å²) in [5.74, 6) is -0.278. The Morgan fingerprint density at radius 1 is 1.19 bits per heavy atom. The molecule has 0 aromatic carbocycles. The van der Waals surface area contributed by atoms with E-state index in [2.05, 4.69) is 15.3 Å². The van der Waals surface area contributed by atoms with Gasteiger partial charge in [0, 0.05) is 58.2 Å². The van der Waals surface area contributed by atoms with Crippen molar-refractivity contribution in [1.82, 2.24) is 20.2 Å². The first-order valence-electron chi connectivity index (χ1n) is 8.57. The zero-order chi connectivity index (χ0) is 18.4. The van der Waals surface area contributed by atoms with E-state index in [9.17, 15) is 9.59 Å². The van der Waals surface area contributed by atoms with Gasteiger partial charge in [0.15, 0.2) is 0 Å². The molecular weight excluding hydrogens is 332 g/mol. The van der Waals surface area contributed by atoms with Gasteiger partial charge in [0.1, 0.15) is 11.3 Å². The first-order valence-corrected chi connectivity index (χ1v) is 8.57. The highest BCUT2D eigenvalue weighted by molar-refractivity contribution is 5.92. The van der Waals surface area contributed by atoms with Crippen molar-refractivity contribution in [3.05, 3.63) is 60.2 Å². The number of rotatable bonds is 5. The first-order chi connectivity index (χ1) is 12.6. The van der Waals surface area contributed by atoms with E-state index in [1.165, 1.54) is 0 Å². The van der Waals surface area contributed by atoms with Crippen LogP contribution < -0.4 is 5.32 Å². The van der Waals surface area contributed by atoms with Gasteiger partial charge >= 0.3 is 0 Å². The molecular formula is C19H22N4O3. The average Bonchev–Trinajstić information content (AvgIpc) is 2.73. The van der Waals surface area contributed by atoms with Crippen LogP contribution in [0.4, 0.5) is 0 Å². The lowest BCUT2D eigenvalue weighted by atomic mass is 9.89. The lowest BCUT2D eigenvalue weighted by Gasteiger charge is -2.39. The molecule has 2 aromatic rings. The van der Waals surface area contributed by atoms with E-state index in [0.717, 1.165) is 5.56 Å². The third kappa shape index (κ3) is 3.88. The zero-order valence-electron chi connectivity index (χ0n) is 14.7. The summed E-state index contributed by atoms with van der Waals surface area (Å²) < 4.78 is 5.58. The molecule has 26 heavy (non-hydrogen) atoms. The van der Waals surface area contributed by atoms with Crippen molar-refractivity contribution >= 4 is 11.8 Å². The van der Waals surface area contributed by atoms with E-state index in [1.54, 1.807) is 48.8 Å². The number of nitrogens with one attached hydrogen (secondary N) is 1. The fourth-order valence-corrected chi connectivity index (χ4v) is 3.09. The van der Waals surface area contributed by atoms with Crippen LogP contribution >= 0.6 is 0 Å². The first kappa shape index (κ1) is 18.0. The third-order valence-corrected chi connectivity index (χ3v) is 4.72. The monoisotopic (exact) mass is 354 g/mol. The molecule has 0 bridgehead atoms. The molecule has 136 valence electrons. The average molecular weight is 354 g/mol. The fraction of sp³-hybridized carbons (Fsp3) is 0.368. The molecule has 1 fully saturated rings. The number of hydrogen-bond donors (Lipinski definition) is 1. The Hall–Kier alpha value is -2.80. The summed E-state index contributed by atoms with van der Waals surface area (Å²) in [5, 5.41) is 2.92. The Balaban J connectivity index is 1.59. The number of methoxy groups -OCH3 is 1. The highest BCUT2D eigenvalue weighted by Crippen LogP contribution is 2.27. The Morgan fingerprint density at radius 2 is 2.00 bits per heavy atom. The van der Waals surface area contributed by atoms with Crippen molar-refractivity contribution in [2.45, 2.75) is 25.0 Å². The number of carbonyl (C=O) groups is 2. The Bertz CT molecular complexity index is 744. The van der Waals surface area contributed by atoms with Crippen LogP contribution in [0.5, 0.6) is 0 Å². The minimum Gasteiger partial charge on any atom is -0.368 e. The molecule has 3 rings (SSSR count). The van der Waals surface area contributed by atoms with Gasteiger partial charge in [-0.05, 0) is 23.8 Å². The van der Waals surface area contributed by atoms with Gasteiger partial charge in [0.25, 0.3) is 11.8 Å². The Morgan fingerprint density at radius 3 is 2.62 bits per heavy atom. The lowest BCUT2D eigenvalue weighted by Crippen LogP contribution is -2.55. The molecule has 1 saturated heterocycles. The van der Waals surface area contributed by atoms with E-state index < -0.39 is 5.60 Å². The number of piperidine rings is 1. The molecule has 0 saturated carbocycles. The van der Waals surface area contributed by atoms with Crippen molar-refractivity contribution in [3.63, 3.8) is 0 Å². The Kier molecular flexibility index (Phi) is 5.58. The van der Waals surface area contributed by atoms with Crippen LogP contribution in [0.1, 0.15) is 28.9 Å². The van der Waals surface area contributed by atoms with E-state index in [1.807, 2.05) is 12.1 Å². The number of nitrogens with zero attached hydrogens (tertiary/aromatic N) is 3. The van der Waals surface area contributed by atoms with E-state index in [0.29, 0.717) is 38.2 Å². The smallest absolute Gasteiger partial charge is 0.272 e. The summed E-state index contributed by atoms with van der Waals surface area (Å²) in [6.45, 7) is 1.29. The highest BCUT2D eigenvalue weighted by Gasteiger charge is 2.42. The molecule has 0 spiro atoms. The van der Waals surface area contributed by atoms with Gasteiger partial charge in [-0.25, -0.2) is 0 Å². The second-order valence-corrected chi connectivity index (χ2v) is 6.25. The SMILES string of the molecule is COC1(C(=O)NCc2cccnc2)CCN(C(=O)c2ccccn2)CC1. The Labute approximate surface area is 152 Å². The predicted octanol–water partition coefficient (Wildman–Crippen LogP) is 1.41. The number of ether oxygens (including phenoxy) is 1. The van der Waals surface area contributed by atoms with Crippen molar-refractivity contribution in [2.24, 2.45) is 0 Å². The highest BCUT2D eigenvalue weighted by atomic mass is 16.5. The van der Waals surface area contributed by atoms with Crippen LogP contribution in [0, 0.1) is 0 Å². The van der Waals surface area contributed by atoms with Crippen LogP contribution in [0.15, 0.2) is 48.9 Å². The van der Waals surface area contributed by atoms with E-state index in [-0.39, 0.29) is 11.8 Å². The van der Waals surface area contributed by atoms with Gasteiger partial charge < -0.3 is 15.0 Å². The van der Waals surface area contributed by atoms with Gasteiger partial charge in [-0.1, -0.05) is 12.1 Å². The molecule has 0 unspecified atom stereocenters. The van der Waals surface area contributed by atoms with Crippen LogP contribution in [0.25, 0.3) is 0 Å². The number of aromatic nitrogens is 2. The second kappa shape index (κ2) is 8.05. The molecule has 7 heteroatoms. The molecule has 0 atom stereocenters. The molecule has 0 aliphatic carbocycles. The number of likely N-dealkylation sites (tertiary alicyclic amines) is 1. The van der Waals surface area contributed by atoms with Gasteiger partial charge in [-0.3, -0.25) is 19.6 Å². The molecule has 2 aromatic heterocycles. The summed E-state index contributed by atoms with van der Waals surface area (Å²) in [5.41, 5.74) is 0.427. The molecule has 1 aliphatic rings. The van der Waals surface area contributed by atoms with E-state index >= 15 is 0 Å². The normalized spacial score (nSPS) is 16.1. The van der Waals surface area contributed by atoms with Crippen molar-refractivity contribution in [2.75, 3.05) is 20.2 Å². The number of amides is 2. The zero-order valence-corrected chi connectivity index (χ0v) is 14.7. The lowest BCUT2D eigenvalue weighted by molar-refractivity contribution is -0.149. The predicted molar refractivity (Wildman–Crippen MR) is 95.2 cm³/mol. The van der Waals surface area contributed by atoms with Gasteiger partial charge in [-0.15, -0.1) is 0 Å². The quantitative estimate of drug-likeness (QED) is 0.878. The van der Waals surface area contributed by atoms with Gasteiger partial charge in [0.05, 0.1) is 0 Å². The molecule has 2 amide bonds. The molecule has 1 aliphatic heterocycles. The standard InChI is InChI=1S/C19H22N4O3/c1-26-19(18(25)22-14-15-5-4-9-20-13-15)7-11-23(12-8-19)17(24)16-6-2-3-10-21-16/h2-6,9-10,13H,7-8,11-12,14H2,1H3,(H,22,25). The fourth-order valence-electron chi connectivity index (χ4n) is 3.09. The molecule has 3 heterocycles. The summed E-state index contributed by atoms with van der Waals surface area (Å²) in [4.78, 5) is 35.0. The summed E-state index contributed by atoms with van der Waals surface area (Å²) in [6, 6.07) is 8.99. The van der Waals surface area contributed by atoms with E-state index in [4.69, 9.17) is 4.74 Å². The van der Waals surface area contributed by atoms with Crippen LogP contribution in [0.2, 0.25) is 0 Å². The minimum absolute atomic E-state index is 0.119. The maximum absolute atomic E-state index is 12.7. The molecule has 0 radical (unpaired) electrons. The van der Waals surface area contributed by atoms with Crippen LogP contribution in [-0.2, 0) is 16.1 Å². The largest absolute Gasteiger partial charge is 0.368 e. The maximum Gasteiger partial charge on any atom is 0.272 e. The summed E-state index contributed by atoms with van der Waals surface area (Å²) in [7, 11) is 1.54. The maximum atomic E-state index is 12.7. The number of hydrogen-bond acceptors (Lipinski definition) is 5.